The summed E-state index contributed by atoms with van der Waals surface area (Å²) in [5.74, 6) is 0.519. The van der Waals surface area contributed by atoms with E-state index in [2.05, 4.69) is 32.6 Å². The fourth-order valence-corrected chi connectivity index (χ4v) is 6.02. The first-order valence-corrected chi connectivity index (χ1v) is 13.9. The zero-order valence-electron chi connectivity index (χ0n) is 21.6. The Labute approximate surface area is 219 Å². The SMILES string of the molecule is O=C(O)C(CCN1CC[C@@H](CCc2ccc3c(n2)NCCC3)C1)NC(=O)[C@@H]1CCCN1c1ccccc1. The number of carboxylic acid groups (broad SMARTS) is 1. The number of carbonyl (C=O) groups is 2. The van der Waals surface area contributed by atoms with Gasteiger partial charge in [0.15, 0.2) is 0 Å². The van der Waals surface area contributed by atoms with E-state index in [0.29, 0.717) is 18.9 Å². The largest absolute Gasteiger partial charge is 0.480 e. The van der Waals surface area contributed by atoms with E-state index in [1.165, 1.54) is 12.0 Å². The minimum absolute atomic E-state index is 0.180. The molecule has 0 aliphatic carbocycles. The highest BCUT2D eigenvalue weighted by molar-refractivity contribution is 5.89. The molecule has 0 radical (unpaired) electrons. The van der Waals surface area contributed by atoms with Crippen molar-refractivity contribution in [3.8, 4) is 0 Å². The molecule has 3 aliphatic heterocycles. The van der Waals surface area contributed by atoms with Gasteiger partial charge in [0.1, 0.15) is 17.9 Å². The first-order valence-electron chi connectivity index (χ1n) is 13.9. The van der Waals surface area contributed by atoms with Crippen LogP contribution in [0.15, 0.2) is 42.5 Å². The van der Waals surface area contributed by atoms with Crippen molar-refractivity contribution in [1.82, 2.24) is 15.2 Å². The second-order valence-electron chi connectivity index (χ2n) is 10.7. The van der Waals surface area contributed by atoms with Crippen LogP contribution in [0.2, 0.25) is 0 Å². The molecule has 3 aliphatic rings. The van der Waals surface area contributed by atoms with Gasteiger partial charge >= 0.3 is 5.97 Å². The first kappa shape index (κ1) is 25.5. The number of nitrogens with zero attached hydrogens (tertiary/aromatic N) is 3. The van der Waals surface area contributed by atoms with E-state index in [9.17, 15) is 14.7 Å². The summed E-state index contributed by atoms with van der Waals surface area (Å²) in [7, 11) is 0. The summed E-state index contributed by atoms with van der Waals surface area (Å²) >= 11 is 0. The number of para-hydroxylation sites is 1. The van der Waals surface area contributed by atoms with Crippen molar-refractivity contribution >= 4 is 23.4 Å². The van der Waals surface area contributed by atoms with Gasteiger partial charge in [-0.25, -0.2) is 9.78 Å². The van der Waals surface area contributed by atoms with Crippen LogP contribution >= 0.6 is 0 Å². The summed E-state index contributed by atoms with van der Waals surface area (Å²) in [4.78, 5) is 34.3. The van der Waals surface area contributed by atoms with Crippen molar-refractivity contribution in [2.24, 2.45) is 5.92 Å². The van der Waals surface area contributed by atoms with E-state index in [0.717, 1.165) is 81.9 Å². The van der Waals surface area contributed by atoms with E-state index in [4.69, 9.17) is 4.98 Å². The lowest BCUT2D eigenvalue weighted by Gasteiger charge is -2.27. The number of carbonyl (C=O) groups excluding carboxylic acids is 1. The summed E-state index contributed by atoms with van der Waals surface area (Å²) in [5.41, 5.74) is 3.48. The van der Waals surface area contributed by atoms with Crippen LogP contribution < -0.4 is 15.5 Å². The summed E-state index contributed by atoms with van der Waals surface area (Å²) in [6.07, 6.45) is 7.57. The smallest absolute Gasteiger partial charge is 0.326 e. The fourth-order valence-electron chi connectivity index (χ4n) is 6.02. The quantitative estimate of drug-likeness (QED) is 0.456. The molecule has 0 bridgehead atoms. The molecular weight excluding hydrogens is 466 g/mol. The van der Waals surface area contributed by atoms with Gasteiger partial charge in [-0.2, -0.15) is 0 Å². The highest BCUT2D eigenvalue weighted by atomic mass is 16.4. The molecule has 5 rings (SSSR count). The van der Waals surface area contributed by atoms with Crippen LogP contribution in [0.5, 0.6) is 0 Å². The van der Waals surface area contributed by atoms with Gasteiger partial charge in [-0.15, -0.1) is 0 Å². The molecule has 1 aromatic carbocycles. The molecule has 198 valence electrons. The standard InChI is InChI=1S/C29H39N5O3/c35-28(26-9-5-17-34(26)24-7-2-1-3-8-24)32-25(29(36)37)15-19-33-18-14-21(20-33)10-12-23-13-11-22-6-4-16-30-27(22)31-23/h1-3,7-8,11,13,21,25-26H,4-6,9-10,12,14-20H2,(H,30,31)(H,32,35)(H,36,37)/t21-,25?,26+/m1/s1. The molecule has 0 saturated carbocycles. The van der Waals surface area contributed by atoms with E-state index < -0.39 is 12.0 Å². The zero-order valence-corrected chi connectivity index (χ0v) is 21.6. The van der Waals surface area contributed by atoms with E-state index in [-0.39, 0.29) is 11.9 Å². The van der Waals surface area contributed by atoms with E-state index in [1.807, 2.05) is 30.3 Å². The lowest BCUT2D eigenvalue weighted by atomic mass is 10.00. The van der Waals surface area contributed by atoms with Gasteiger partial charge in [-0.05, 0) is 87.6 Å². The number of nitrogens with one attached hydrogen (secondary N) is 2. The predicted molar refractivity (Wildman–Crippen MR) is 145 cm³/mol. The van der Waals surface area contributed by atoms with Crippen LogP contribution in [0.3, 0.4) is 0 Å². The third kappa shape index (κ3) is 6.42. The van der Waals surface area contributed by atoms with Crippen LogP contribution in [0, 0.1) is 5.92 Å². The van der Waals surface area contributed by atoms with Gasteiger partial charge in [0.05, 0.1) is 0 Å². The van der Waals surface area contributed by atoms with Crippen molar-refractivity contribution < 1.29 is 14.7 Å². The Morgan fingerprint density at radius 3 is 2.81 bits per heavy atom. The molecule has 2 fully saturated rings. The summed E-state index contributed by atoms with van der Waals surface area (Å²) < 4.78 is 0. The molecule has 2 saturated heterocycles. The van der Waals surface area contributed by atoms with Crippen LogP contribution in [0.25, 0.3) is 0 Å². The molecule has 3 atom stereocenters. The Balaban J connectivity index is 1.08. The third-order valence-corrected chi connectivity index (χ3v) is 8.12. The topological polar surface area (TPSA) is 97.8 Å². The number of aryl methyl sites for hydroxylation is 2. The van der Waals surface area contributed by atoms with Gasteiger partial charge in [-0.3, -0.25) is 4.79 Å². The Bertz CT molecular complexity index is 1080. The van der Waals surface area contributed by atoms with Crippen LogP contribution in [-0.2, 0) is 22.4 Å². The number of hydrogen-bond acceptors (Lipinski definition) is 6. The summed E-state index contributed by atoms with van der Waals surface area (Å²) in [6, 6.07) is 13.1. The number of likely N-dealkylation sites (tertiary alicyclic amines) is 1. The molecule has 1 amide bonds. The Morgan fingerprint density at radius 1 is 1.11 bits per heavy atom. The number of carboxylic acids is 1. The zero-order chi connectivity index (χ0) is 25.6. The highest BCUT2D eigenvalue weighted by Crippen LogP contribution is 2.26. The van der Waals surface area contributed by atoms with Crippen LogP contribution in [0.4, 0.5) is 11.5 Å². The number of rotatable bonds is 10. The van der Waals surface area contributed by atoms with Crippen LogP contribution in [0.1, 0.15) is 49.8 Å². The Hall–Kier alpha value is -3.13. The average molecular weight is 506 g/mol. The number of anilines is 2. The molecular formula is C29H39N5O3. The number of fused-ring (bicyclic) bond motifs is 1. The van der Waals surface area contributed by atoms with Crippen molar-refractivity contribution in [2.75, 3.05) is 42.9 Å². The van der Waals surface area contributed by atoms with Gasteiger partial charge in [0.25, 0.3) is 0 Å². The monoisotopic (exact) mass is 505 g/mol. The normalized spacial score (nSPS) is 22.3. The van der Waals surface area contributed by atoms with Crippen LogP contribution in [-0.4, -0.2) is 71.7 Å². The number of benzene rings is 1. The minimum Gasteiger partial charge on any atom is -0.480 e. The molecule has 1 aromatic heterocycles. The van der Waals surface area contributed by atoms with Gasteiger partial charge in [0, 0.05) is 37.6 Å². The second-order valence-corrected chi connectivity index (χ2v) is 10.7. The molecule has 3 N–H and O–H groups in total. The maximum absolute atomic E-state index is 13.1. The lowest BCUT2D eigenvalue weighted by molar-refractivity contribution is -0.142. The first-order chi connectivity index (χ1) is 18.1. The lowest BCUT2D eigenvalue weighted by Crippen LogP contribution is -2.50. The molecule has 2 aromatic rings. The van der Waals surface area contributed by atoms with Crippen molar-refractivity contribution in [3.63, 3.8) is 0 Å². The number of aliphatic carboxylic acids is 1. The maximum Gasteiger partial charge on any atom is 0.326 e. The van der Waals surface area contributed by atoms with E-state index in [1.54, 1.807) is 0 Å². The summed E-state index contributed by atoms with van der Waals surface area (Å²) in [5, 5.41) is 16.1. The number of pyridine rings is 1. The van der Waals surface area contributed by atoms with E-state index >= 15 is 0 Å². The average Bonchev–Trinajstić information content (AvgIpc) is 3.60. The number of aromatic nitrogens is 1. The number of hydrogen-bond donors (Lipinski definition) is 3. The van der Waals surface area contributed by atoms with Crippen molar-refractivity contribution in [1.29, 1.82) is 0 Å². The molecule has 1 unspecified atom stereocenters. The Morgan fingerprint density at radius 2 is 1.97 bits per heavy atom. The van der Waals surface area contributed by atoms with Gasteiger partial charge in [0.2, 0.25) is 5.91 Å². The molecule has 8 nitrogen and oxygen atoms in total. The maximum atomic E-state index is 13.1. The fraction of sp³-hybridized carbons (Fsp3) is 0.552. The third-order valence-electron chi connectivity index (χ3n) is 8.12. The number of amides is 1. The Kier molecular flexibility index (Phi) is 8.24. The molecule has 0 spiro atoms. The van der Waals surface area contributed by atoms with Gasteiger partial charge in [-0.1, -0.05) is 24.3 Å². The molecule has 37 heavy (non-hydrogen) atoms. The van der Waals surface area contributed by atoms with Crippen molar-refractivity contribution in [2.45, 2.75) is 63.5 Å². The molecule has 8 heteroatoms. The van der Waals surface area contributed by atoms with Gasteiger partial charge < -0.3 is 25.5 Å². The van der Waals surface area contributed by atoms with Crippen molar-refractivity contribution in [3.05, 3.63) is 53.7 Å². The minimum atomic E-state index is -0.958. The highest BCUT2D eigenvalue weighted by Gasteiger charge is 2.33. The molecule has 4 heterocycles. The second kappa shape index (κ2) is 11.9. The summed E-state index contributed by atoms with van der Waals surface area (Å²) in [6.45, 7) is 4.46. The predicted octanol–water partition coefficient (Wildman–Crippen LogP) is 3.32.